The summed E-state index contributed by atoms with van der Waals surface area (Å²) in [5.74, 6) is 0.315. The van der Waals surface area contributed by atoms with Crippen molar-refractivity contribution in [3.63, 3.8) is 0 Å². The average Bonchev–Trinajstić information content (AvgIpc) is 3.05. The third kappa shape index (κ3) is 3.30. The largest absolute Gasteiger partial charge is 0.465 e. The summed E-state index contributed by atoms with van der Waals surface area (Å²) in [7, 11) is 1.37. The second kappa shape index (κ2) is 7.07. The Balaban J connectivity index is 2.01. The summed E-state index contributed by atoms with van der Waals surface area (Å²) in [5.41, 5.74) is 2.10. The van der Waals surface area contributed by atoms with Gasteiger partial charge in [-0.15, -0.1) is 0 Å². The van der Waals surface area contributed by atoms with Crippen LogP contribution in [0.4, 0.5) is 0 Å². The molecule has 0 aliphatic rings. The highest BCUT2D eigenvalue weighted by molar-refractivity contribution is 6.35. The van der Waals surface area contributed by atoms with E-state index in [4.69, 9.17) is 27.9 Å². The van der Waals surface area contributed by atoms with Crippen LogP contribution in [0.3, 0.4) is 0 Å². The third-order valence-electron chi connectivity index (χ3n) is 3.65. The van der Waals surface area contributed by atoms with Gasteiger partial charge in [-0.2, -0.15) is 0 Å². The summed E-state index contributed by atoms with van der Waals surface area (Å²) >= 11 is 12.4. The van der Waals surface area contributed by atoms with Crippen molar-refractivity contribution in [2.45, 2.75) is 6.54 Å². The van der Waals surface area contributed by atoms with Gasteiger partial charge in [0.05, 0.1) is 17.7 Å². The summed E-state index contributed by atoms with van der Waals surface area (Å²) in [6.45, 7) is 0.462. The van der Waals surface area contributed by atoms with Crippen LogP contribution in [-0.2, 0) is 11.3 Å². The number of aromatic nitrogens is 2. The van der Waals surface area contributed by atoms with E-state index in [1.54, 1.807) is 36.5 Å². The molecule has 2 aromatic carbocycles. The van der Waals surface area contributed by atoms with Crippen molar-refractivity contribution in [3.8, 4) is 11.4 Å². The second-order valence-corrected chi connectivity index (χ2v) is 6.00. The number of halogens is 2. The summed E-state index contributed by atoms with van der Waals surface area (Å²) in [6.07, 6.45) is 3.52. The molecule has 24 heavy (non-hydrogen) atoms. The van der Waals surface area contributed by atoms with E-state index in [2.05, 4.69) is 4.98 Å². The first kappa shape index (κ1) is 16.6. The minimum absolute atomic E-state index is 0.368. The minimum atomic E-state index is -0.368. The van der Waals surface area contributed by atoms with Crippen molar-refractivity contribution >= 4 is 29.2 Å². The lowest BCUT2D eigenvalue weighted by atomic mass is 10.1. The standard InChI is InChI=1S/C18H14Cl2N2O2/c1-24-18(23)14-5-3-2-4-12(14)11-22-9-8-21-17(22)15-10-13(19)6-7-16(15)20/h2-10H,11H2,1H3. The van der Waals surface area contributed by atoms with Crippen LogP contribution in [-0.4, -0.2) is 22.6 Å². The molecule has 122 valence electrons. The topological polar surface area (TPSA) is 44.1 Å². The zero-order valence-corrected chi connectivity index (χ0v) is 14.4. The summed E-state index contributed by atoms with van der Waals surface area (Å²) in [4.78, 5) is 16.3. The van der Waals surface area contributed by atoms with Gasteiger partial charge < -0.3 is 9.30 Å². The molecule has 4 nitrogen and oxygen atoms in total. The monoisotopic (exact) mass is 360 g/mol. The van der Waals surface area contributed by atoms with Gasteiger partial charge in [-0.3, -0.25) is 0 Å². The fraction of sp³-hybridized carbons (Fsp3) is 0.111. The van der Waals surface area contributed by atoms with Crippen LogP contribution in [0.1, 0.15) is 15.9 Å². The van der Waals surface area contributed by atoms with Gasteiger partial charge in [0.1, 0.15) is 5.82 Å². The molecule has 6 heteroatoms. The molecule has 1 heterocycles. The van der Waals surface area contributed by atoms with Gasteiger partial charge in [0, 0.05) is 29.5 Å². The Bertz CT molecular complexity index is 890. The first-order valence-electron chi connectivity index (χ1n) is 7.23. The fourth-order valence-corrected chi connectivity index (χ4v) is 2.87. The Morgan fingerprint density at radius 3 is 2.79 bits per heavy atom. The molecule has 0 amide bonds. The Hall–Kier alpha value is -2.30. The molecule has 0 bridgehead atoms. The van der Waals surface area contributed by atoms with Crippen molar-refractivity contribution in [1.29, 1.82) is 0 Å². The summed E-state index contributed by atoms with van der Waals surface area (Å²) < 4.78 is 6.76. The first-order chi connectivity index (χ1) is 11.6. The number of rotatable bonds is 4. The minimum Gasteiger partial charge on any atom is -0.465 e. The van der Waals surface area contributed by atoms with Crippen LogP contribution in [0.2, 0.25) is 10.0 Å². The first-order valence-corrected chi connectivity index (χ1v) is 7.98. The van der Waals surface area contributed by atoms with Crippen molar-refractivity contribution in [3.05, 3.63) is 76.0 Å². The number of nitrogens with zero attached hydrogens (tertiary/aromatic N) is 2. The summed E-state index contributed by atoms with van der Waals surface area (Å²) in [5, 5.41) is 1.15. The lowest BCUT2D eigenvalue weighted by Gasteiger charge is -2.12. The second-order valence-electron chi connectivity index (χ2n) is 5.15. The summed E-state index contributed by atoms with van der Waals surface area (Å²) in [6, 6.07) is 12.5. The highest BCUT2D eigenvalue weighted by atomic mass is 35.5. The van der Waals surface area contributed by atoms with E-state index in [9.17, 15) is 4.79 Å². The van der Waals surface area contributed by atoms with Crippen molar-refractivity contribution < 1.29 is 9.53 Å². The van der Waals surface area contributed by atoms with Crippen LogP contribution >= 0.6 is 23.2 Å². The van der Waals surface area contributed by atoms with Crippen LogP contribution in [0.15, 0.2) is 54.9 Å². The lowest BCUT2D eigenvalue weighted by molar-refractivity contribution is 0.0599. The van der Waals surface area contributed by atoms with E-state index < -0.39 is 0 Å². The molecule has 0 radical (unpaired) electrons. The molecule has 3 rings (SSSR count). The lowest BCUT2D eigenvalue weighted by Crippen LogP contribution is -2.09. The number of carbonyl (C=O) groups is 1. The molecule has 0 unspecified atom stereocenters. The number of methoxy groups -OCH3 is 1. The van der Waals surface area contributed by atoms with E-state index in [0.29, 0.717) is 28.0 Å². The van der Waals surface area contributed by atoms with Crippen LogP contribution in [0.5, 0.6) is 0 Å². The van der Waals surface area contributed by atoms with Gasteiger partial charge in [0.15, 0.2) is 0 Å². The van der Waals surface area contributed by atoms with Crippen molar-refractivity contribution in [1.82, 2.24) is 9.55 Å². The predicted molar refractivity (Wildman–Crippen MR) is 94.6 cm³/mol. The molecule has 0 N–H and O–H groups in total. The van der Waals surface area contributed by atoms with Crippen LogP contribution in [0.25, 0.3) is 11.4 Å². The fourth-order valence-electron chi connectivity index (χ4n) is 2.50. The van der Waals surface area contributed by atoms with Gasteiger partial charge in [-0.1, -0.05) is 41.4 Å². The van der Waals surface area contributed by atoms with Gasteiger partial charge in [0.25, 0.3) is 0 Å². The molecule has 0 saturated carbocycles. The maximum Gasteiger partial charge on any atom is 0.338 e. The Morgan fingerprint density at radius 2 is 2.00 bits per heavy atom. The zero-order chi connectivity index (χ0) is 17.1. The van der Waals surface area contributed by atoms with Gasteiger partial charge >= 0.3 is 5.97 Å². The van der Waals surface area contributed by atoms with E-state index in [-0.39, 0.29) is 5.97 Å². The third-order valence-corrected chi connectivity index (χ3v) is 4.21. The number of benzene rings is 2. The van der Waals surface area contributed by atoms with Gasteiger partial charge in [0.2, 0.25) is 0 Å². The van der Waals surface area contributed by atoms with E-state index in [0.717, 1.165) is 11.1 Å². The number of hydrogen-bond donors (Lipinski definition) is 0. The highest BCUT2D eigenvalue weighted by Crippen LogP contribution is 2.30. The molecule has 0 aliphatic heterocycles. The Morgan fingerprint density at radius 1 is 1.21 bits per heavy atom. The normalized spacial score (nSPS) is 10.6. The number of ether oxygens (including phenoxy) is 1. The maximum atomic E-state index is 11.9. The number of imidazole rings is 1. The molecule has 0 spiro atoms. The maximum absolute atomic E-state index is 11.9. The van der Waals surface area contributed by atoms with Crippen molar-refractivity contribution in [2.24, 2.45) is 0 Å². The number of carbonyl (C=O) groups excluding carboxylic acids is 1. The molecule has 3 aromatic rings. The van der Waals surface area contributed by atoms with Crippen LogP contribution in [0, 0.1) is 0 Å². The molecule has 1 aromatic heterocycles. The van der Waals surface area contributed by atoms with E-state index >= 15 is 0 Å². The Kier molecular flexibility index (Phi) is 4.88. The van der Waals surface area contributed by atoms with E-state index in [1.807, 2.05) is 22.9 Å². The van der Waals surface area contributed by atoms with Gasteiger partial charge in [-0.25, -0.2) is 9.78 Å². The highest BCUT2D eigenvalue weighted by Gasteiger charge is 2.15. The van der Waals surface area contributed by atoms with Crippen LogP contribution < -0.4 is 0 Å². The zero-order valence-electron chi connectivity index (χ0n) is 12.9. The quantitative estimate of drug-likeness (QED) is 0.633. The number of hydrogen-bond acceptors (Lipinski definition) is 3. The molecule has 0 saturated heterocycles. The molecule has 0 fully saturated rings. The molecular formula is C18H14Cl2N2O2. The predicted octanol–water partition coefficient (Wildman–Crippen LogP) is 4.69. The van der Waals surface area contributed by atoms with E-state index in [1.165, 1.54) is 7.11 Å². The average molecular weight is 361 g/mol. The SMILES string of the molecule is COC(=O)c1ccccc1Cn1ccnc1-c1cc(Cl)ccc1Cl. The number of esters is 1. The van der Waals surface area contributed by atoms with Crippen molar-refractivity contribution in [2.75, 3.05) is 7.11 Å². The molecule has 0 atom stereocenters. The van der Waals surface area contributed by atoms with Gasteiger partial charge in [-0.05, 0) is 29.8 Å². The Labute approximate surface area is 149 Å². The molecular weight excluding hydrogens is 347 g/mol. The molecule has 0 aliphatic carbocycles. The smallest absolute Gasteiger partial charge is 0.338 e.